The third kappa shape index (κ3) is 24.0. The lowest BCUT2D eigenvalue weighted by Crippen LogP contribution is -1.96. The molecule has 0 aromatic carbocycles. The highest BCUT2D eigenvalue weighted by Gasteiger charge is 2.03. The van der Waals surface area contributed by atoms with Crippen molar-refractivity contribution in [3.05, 3.63) is 26.0 Å². The second-order valence-electron chi connectivity index (χ2n) is 9.63. The van der Waals surface area contributed by atoms with Crippen molar-refractivity contribution in [2.45, 2.75) is 161 Å². The average Bonchev–Trinajstić information content (AvgIpc) is 2.76. The van der Waals surface area contributed by atoms with Gasteiger partial charge in [-0.3, -0.25) is 0 Å². The van der Waals surface area contributed by atoms with E-state index in [-0.39, 0.29) is 0 Å². The molecule has 0 aliphatic heterocycles. The van der Waals surface area contributed by atoms with Crippen LogP contribution in [0.5, 0.6) is 0 Å². The maximum Gasteiger partial charge on any atom is -0.0234 e. The molecule has 0 N–H and O–H groups in total. The topological polar surface area (TPSA) is 0 Å². The molecule has 0 aliphatic carbocycles. The van der Waals surface area contributed by atoms with Crippen LogP contribution in [0.1, 0.15) is 161 Å². The van der Waals surface area contributed by atoms with Gasteiger partial charge in [0.25, 0.3) is 0 Å². The van der Waals surface area contributed by atoms with Crippen molar-refractivity contribution in [3.8, 4) is 0 Å². The largest absolute Gasteiger partial charge is 0.0883 e. The van der Waals surface area contributed by atoms with Crippen LogP contribution in [0.3, 0.4) is 0 Å². The number of rotatable bonds is 25. The van der Waals surface area contributed by atoms with Gasteiger partial charge in [-0.25, -0.2) is 0 Å². The van der Waals surface area contributed by atoms with Gasteiger partial charge in [0.15, 0.2) is 0 Å². The summed E-state index contributed by atoms with van der Waals surface area (Å²) in [5.74, 6) is 0.829. The minimum atomic E-state index is 0.829. The summed E-state index contributed by atoms with van der Waals surface area (Å²) in [6.07, 6.45) is 38.3. The van der Waals surface area contributed by atoms with Crippen LogP contribution in [0.15, 0.2) is 12.2 Å². The molecule has 0 aromatic heterocycles. The number of hydrogen-bond acceptors (Lipinski definition) is 0. The van der Waals surface area contributed by atoms with Gasteiger partial charge in [0.1, 0.15) is 0 Å². The van der Waals surface area contributed by atoms with Gasteiger partial charge in [-0.1, -0.05) is 161 Å². The fourth-order valence-corrected chi connectivity index (χ4v) is 4.41. The lowest BCUT2D eigenvalue weighted by molar-refractivity contribution is 0.490. The summed E-state index contributed by atoms with van der Waals surface area (Å²) in [5, 5.41) is 0. The van der Waals surface area contributed by atoms with Gasteiger partial charge in [-0.2, -0.15) is 0 Å². The summed E-state index contributed by atoms with van der Waals surface area (Å²) < 4.78 is 0. The van der Waals surface area contributed by atoms with Crippen molar-refractivity contribution in [3.63, 3.8) is 0 Å². The van der Waals surface area contributed by atoms with Gasteiger partial charge in [-0.05, 0) is 31.6 Å². The minimum Gasteiger partial charge on any atom is -0.0883 e. The lowest BCUT2D eigenvalue weighted by atomic mass is 9.94. The molecule has 0 heterocycles. The molecule has 0 nitrogen and oxygen atoms in total. The van der Waals surface area contributed by atoms with E-state index in [0.29, 0.717) is 0 Å². The molecule has 0 heteroatoms. The van der Waals surface area contributed by atoms with Crippen molar-refractivity contribution in [1.82, 2.24) is 0 Å². The van der Waals surface area contributed by atoms with Crippen molar-refractivity contribution >= 4 is 0 Å². The predicted molar refractivity (Wildman–Crippen MR) is 140 cm³/mol. The van der Waals surface area contributed by atoms with Crippen LogP contribution >= 0.6 is 0 Å². The zero-order valence-corrected chi connectivity index (χ0v) is 21.1. The quantitative estimate of drug-likeness (QED) is 0.102. The van der Waals surface area contributed by atoms with Crippen LogP contribution in [0.4, 0.5) is 0 Å². The lowest BCUT2D eigenvalue weighted by Gasteiger charge is -2.11. The zero-order valence-electron chi connectivity index (χ0n) is 21.1. The van der Waals surface area contributed by atoms with Gasteiger partial charge in [0, 0.05) is 0 Å². The first-order valence-corrected chi connectivity index (χ1v) is 14.1. The first kappa shape index (κ1) is 29.7. The fraction of sp³-hybridized carbons (Fsp3) is 0.867. The molecule has 0 bridgehead atoms. The van der Waals surface area contributed by atoms with Crippen LogP contribution in [0.2, 0.25) is 0 Å². The van der Waals surface area contributed by atoms with Gasteiger partial charge < -0.3 is 0 Å². The molecule has 0 fully saturated rings. The van der Waals surface area contributed by atoms with Gasteiger partial charge in [0.05, 0.1) is 0 Å². The van der Waals surface area contributed by atoms with Crippen LogP contribution in [0, 0.1) is 19.8 Å². The molecule has 0 spiro atoms. The highest BCUT2D eigenvalue weighted by molar-refractivity contribution is 4.88. The molecule has 0 saturated carbocycles. The van der Waals surface area contributed by atoms with Crippen molar-refractivity contribution in [2.75, 3.05) is 0 Å². The van der Waals surface area contributed by atoms with Crippen LogP contribution in [0.25, 0.3) is 0 Å². The Kier molecular flexibility index (Phi) is 26.5. The molecule has 30 heavy (non-hydrogen) atoms. The Morgan fingerprint density at radius 3 is 1.37 bits per heavy atom. The van der Waals surface area contributed by atoms with E-state index >= 15 is 0 Å². The Bertz CT molecular complexity index is 316. The Balaban J connectivity index is 3.36. The zero-order chi connectivity index (χ0) is 22.0. The van der Waals surface area contributed by atoms with Gasteiger partial charge in [-0.15, -0.1) is 0 Å². The molecule has 1 atom stereocenters. The van der Waals surface area contributed by atoms with E-state index in [2.05, 4.69) is 32.9 Å². The van der Waals surface area contributed by atoms with E-state index in [9.17, 15) is 0 Å². The Morgan fingerprint density at radius 2 is 0.900 bits per heavy atom. The molecule has 0 aromatic rings. The standard InChI is InChI=1S/C30H58/c1-4-7-10-11-12-13-14-15-16-17-18-19-20-21-22-23-24-26-29-30(27-9-6-3)28-25-8-5-2/h26,29-30H,1-2,4-25,27-28H2,3H3/b29-26+. The molecule has 0 saturated heterocycles. The number of hydrogen-bond donors (Lipinski definition) is 0. The first-order chi connectivity index (χ1) is 14.8. The molecule has 178 valence electrons. The van der Waals surface area contributed by atoms with E-state index in [1.165, 1.54) is 141 Å². The summed E-state index contributed by atoms with van der Waals surface area (Å²) in [7, 11) is 0. The van der Waals surface area contributed by atoms with Gasteiger partial charge >= 0.3 is 0 Å². The monoisotopic (exact) mass is 418 g/mol. The molecular formula is C30H58. The number of unbranched alkanes of at least 4 members (excludes halogenated alkanes) is 19. The van der Waals surface area contributed by atoms with Crippen molar-refractivity contribution in [1.29, 1.82) is 0 Å². The molecule has 2 radical (unpaired) electrons. The van der Waals surface area contributed by atoms with Crippen LogP contribution < -0.4 is 0 Å². The Morgan fingerprint density at radius 1 is 0.500 bits per heavy atom. The van der Waals surface area contributed by atoms with Crippen LogP contribution in [-0.2, 0) is 0 Å². The molecule has 1 unspecified atom stereocenters. The smallest absolute Gasteiger partial charge is 0.0234 e. The van der Waals surface area contributed by atoms with E-state index in [0.717, 1.165) is 18.8 Å². The third-order valence-corrected chi connectivity index (χ3v) is 6.53. The SMILES string of the molecule is [CH2]CCCCCCCCCCCCCCCCC/C=C/C(CCCC)CCCC[CH2]. The van der Waals surface area contributed by atoms with Gasteiger partial charge in [0.2, 0.25) is 0 Å². The molecular weight excluding hydrogens is 360 g/mol. The third-order valence-electron chi connectivity index (χ3n) is 6.53. The van der Waals surface area contributed by atoms with E-state index in [4.69, 9.17) is 0 Å². The minimum absolute atomic E-state index is 0.829. The molecule has 0 aliphatic rings. The summed E-state index contributed by atoms with van der Waals surface area (Å²) in [6.45, 7) is 10.2. The Labute approximate surface area is 193 Å². The molecule has 0 amide bonds. The van der Waals surface area contributed by atoms with Crippen molar-refractivity contribution < 1.29 is 0 Å². The highest BCUT2D eigenvalue weighted by Crippen LogP contribution is 2.19. The van der Waals surface area contributed by atoms with Crippen molar-refractivity contribution in [2.24, 2.45) is 5.92 Å². The maximum atomic E-state index is 3.98. The number of allylic oxidation sites excluding steroid dienone is 2. The summed E-state index contributed by atoms with van der Waals surface area (Å²) in [6, 6.07) is 0. The summed E-state index contributed by atoms with van der Waals surface area (Å²) in [5.41, 5.74) is 0. The second kappa shape index (κ2) is 26.8. The molecule has 0 rings (SSSR count). The summed E-state index contributed by atoms with van der Waals surface area (Å²) in [4.78, 5) is 0. The highest BCUT2D eigenvalue weighted by atomic mass is 14.1. The van der Waals surface area contributed by atoms with E-state index in [1.807, 2.05) is 0 Å². The summed E-state index contributed by atoms with van der Waals surface area (Å²) >= 11 is 0. The van der Waals surface area contributed by atoms with E-state index in [1.54, 1.807) is 0 Å². The van der Waals surface area contributed by atoms with E-state index < -0.39 is 0 Å². The second-order valence-corrected chi connectivity index (χ2v) is 9.63. The normalized spacial score (nSPS) is 12.8. The first-order valence-electron chi connectivity index (χ1n) is 14.1. The van der Waals surface area contributed by atoms with Crippen LogP contribution in [-0.4, -0.2) is 0 Å². The predicted octanol–water partition coefficient (Wildman–Crippen LogP) is 11.2. The average molecular weight is 419 g/mol. The maximum absolute atomic E-state index is 3.98. The fourth-order valence-electron chi connectivity index (χ4n) is 4.41. The Hall–Kier alpha value is -0.260.